The fraction of sp³-hybridized carbons (Fsp3) is 0.455. The van der Waals surface area contributed by atoms with Gasteiger partial charge >= 0.3 is 0 Å². The third-order valence-corrected chi connectivity index (χ3v) is 4.73. The predicted octanol–water partition coefficient (Wildman–Crippen LogP) is 2.95. The molecule has 2 heterocycles. The molecule has 7 nitrogen and oxygen atoms in total. The van der Waals surface area contributed by atoms with Gasteiger partial charge in [0.25, 0.3) is 5.56 Å². The lowest BCUT2D eigenvalue weighted by Gasteiger charge is -2.25. The van der Waals surface area contributed by atoms with E-state index in [2.05, 4.69) is 15.6 Å². The predicted molar refractivity (Wildman–Crippen MR) is 130 cm³/mol. The highest BCUT2D eigenvalue weighted by Gasteiger charge is 2.20. The molecule has 8 heteroatoms. The van der Waals surface area contributed by atoms with Gasteiger partial charge in [-0.2, -0.15) is 0 Å². The number of halogens is 1. The number of rotatable bonds is 8. The van der Waals surface area contributed by atoms with Gasteiger partial charge in [-0.1, -0.05) is 18.2 Å². The Morgan fingerprint density at radius 3 is 2.70 bits per heavy atom. The number of hydrogen-bond donors (Lipinski definition) is 2. The first kappa shape index (κ1) is 24.0. The summed E-state index contributed by atoms with van der Waals surface area (Å²) < 4.78 is 13.5. The topological polar surface area (TPSA) is 76.9 Å². The van der Waals surface area contributed by atoms with Gasteiger partial charge in [0.05, 0.1) is 6.54 Å². The van der Waals surface area contributed by atoms with Crippen molar-refractivity contribution < 1.29 is 9.47 Å². The Morgan fingerprint density at radius 2 is 1.93 bits per heavy atom. The number of nitrogens with one attached hydrogen (secondary N) is 2. The molecule has 1 aliphatic heterocycles. The molecule has 0 aliphatic carbocycles. The fourth-order valence-corrected chi connectivity index (χ4v) is 3.20. The summed E-state index contributed by atoms with van der Waals surface area (Å²) in [4.78, 5) is 16.5. The number of hydrogen-bond acceptors (Lipinski definition) is 4. The van der Waals surface area contributed by atoms with E-state index in [1.807, 2.05) is 48.7 Å². The summed E-state index contributed by atoms with van der Waals surface area (Å²) in [6.45, 7) is 7.32. The molecular weight excluding hydrogens is 495 g/mol. The molecule has 0 saturated heterocycles. The fourth-order valence-electron chi connectivity index (χ4n) is 3.20. The third kappa shape index (κ3) is 6.93. The number of aryl methyl sites for hydroxylation is 1. The first-order valence-electron chi connectivity index (χ1n) is 10.2. The molecule has 0 radical (unpaired) electrons. The molecule has 2 N–H and O–H groups in total. The maximum atomic E-state index is 11.9. The van der Waals surface area contributed by atoms with Crippen molar-refractivity contribution >= 4 is 29.9 Å². The van der Waals surface area contributed by atoms with Crippen molar-refractivity contribution in [2.24, 2.45) is 4.99 Å². The van der Waals surface area contributed by atoms with Crippen molar-refractivity contribution in [1.29, 1.82) is 0 Å². The summed E-state index contributed by atoms with van der Waals surface area (Å²) in [5, 5.41) is 6.61. The van der Waals surface area contributed by atoms with Crippen molar-refractivity contribution in [1.82, 2.24) is 15.2 Å². The van der Waals surface area contributed by atoms with E-state index in [4.69, 9.17) is 9.47 Å². The zero-order valence-corrected chi connectivity index (χ0v) is 19.9. The molecule has 1 aromatic heterocycles. The minimum absolute atomic E-state index is 0. The van der Waals surface area contributed by atoms with Gasteiger partial charge in [-0.15, -0.1) is 24.0 Å². The van der Waals surface area contributed by atoms with Crippen LogP contribution in [0.15, 0.2) is 52.3 Å². The van der Waals surface area contributed by atoms with Crippen LogP contribution in [-0.2, 0) is 6.54 Å². The number of aliphatic imine (C=N–C) groups is 1. The van der Waals surface area contributed by atoms with E-state index in [1.165, 1.54) is 0 Å². The molecule has 0 amide bonds. The number of benzene rings is 1. The number of nitrogens with zero attached hydrogens (tertiary/aromatic N) is 2. The average Bonchev–Trinajstić information content (AvgIpc) is 2.73. The molecule has 0 bridgehead atoms. The lowest BCUT2D eigenvalue weighted by Crippen LogP contribution is -2.40. The summed E-state index contributed by atoms with van der Waals surface area (Å²) in [6, 6.07) is 13.1. The van der Waals surface area contributed by atoms with Crippen LogP contribution in [0.1, 0.15) is 25.5 Å². The van der Waals surface area contributed by atoms with Crippen LogP contribution in [0.4, 0.5) is 0 Å². The first-order chi connectivity index (χ1) is 14.2. The van der Waals surface area contributed by atoms with E-state index in [0.29, 0.717) is 13.2 Å². The second-order valence-corrected chi connectivity index (χ2v) is 7.01. The number of unbranched alkanes of at least 4 members (excludes halogenated alkanes) is 1. The second kappa shape index (κ2) is 12.5. The van der Waals surface area contributed by atoms with E-state index in [9.17, 15) is 4.79 Å². The first-order valence-corrected chi connectivity index (χ1v) is 10.2. The van der Waals surface area contributed by atoms with Gasteiger partial charge in [-0.3, -0.25) is 4.79 Å². The Morgan fingerprint density at radius 1 is 1.13 bits per heavy atom. The van der Waals surface area contributed by atoms with Crippen LogP contribution in [0.25, 0.3) is 0 Å². The quantitative estimate of drug-likeness (QED) is 0.240. The van der Waals surface area contributed by atoms with Gasteiger partial charge in [-0.05, 0) is 44.9 Å². The second-order valence-electron chi connectivity index (χ2n) is 7.01. The van der Waals surface area contributed by atoms with Gasteiger partial charge < -0.3 is 24.7 Å². The Kier molecular flexibility index (Phi) is 9.99. The number of fused-ring (bicyclic) bond motifs is 1. The molecular formula is C22H31IN4O3. The van der Waals surface area contributed by atoms with Crippen molar-refractivity contribution in [2.45, 2.75) is 39.3 Å². The lowest BCUT2D eigenvalue weighted by molar-refractivity contribution is 0.0971. The molecule has 1 aromatic carbocycles. The third-order valence-electron chi connectivity index (χ3n) is 4.73. The number of ether oxygens (including phenoxy) is 2. The molecule has 0 fully saturated rings. The molecule has 30 heavy (non-hydrogen) atoms. The Hall–Kier alpha value is -2.23. The standard InChI is InChI=1S/C22H30N4O3.HI/c1-3-23-22(24-13-6-7-14-26-17(2)9-8-12-21(26)27)25-15-18-16-28-19-10-4-5-11-20(19)29-18;/h4-5,8-12,18H,3,6-7,13-16H2,1-2H3,(H2,23,24,25);1H. The summed E-state index contributed by atoms with van der Waals surface area (Å²) in [6.07, 6.45) is 1.77. The summed E-state index contributed by atoms with van der Waals surface area (Å²) in [5.41, 5.74) is 1.06. The number of aromatic nitrogens is 1. The monoisotopic (exact) mass is 526 g/mol. The molecule has 1 atom stereocenters. The number of para-hydroxylation sites is 2. The maximum Gasteiger partial charge on any atom is 0.250 e. The smallest absolute Gasteiger partial charge is 0.250 e. The van der Waals surface area contributed by atoms with Crippen LogP contribution in [0.5, 0.6) is 11.5 Å². The molecule has 1 unspecified atom stereocenters. The van der Waals surface area contributed by atoms with Gasteiger partial charge in [-0.25, -0.2) is 4.99 Å². The van der Waals surface area contributed by atoms with Crippen LogP contribution in [0.3, 0.4) is 0 Å². The van der Waals surface area contributed by atoms with Crippen molar-refractivity contribution in [2.75, 3.05) is 26.2 Å². The normalized spacial score (nSPS) is 15.3. The van der Waals surface area contributed by atoms with Crippen LogP contribution < -0.4 is 25.7 Å². The highest BCUT2D eigenvalue weighted by Crippen LogP contribution is 2.30. The van der Waals surface area contributed by atoms with Crippen LogP contribution in [-0.4, -0.2) is 42.9 Å². The molecule has 1 aliphatic rings. The average molecular weight is 526 g/mol. The van der Waals surface area contributed by atoms with E-state index >= 15 is 0 Å². The molecule has 164 valence electrons. The van der Waals surface area contributed by atoms with E-state index in [-0.39, 0.29) is 35.6 Å². The summed E-state index contributed by atoms with van der Waals surface area (Å²) >= 11 is 0. The zero-order valence-electron chi connectivity index (χ0n) is 17.6. The Balaban J connectivity index is 0.00000320. The van der Waals surface area contributed by atoms with Crippen molar-refractivity contribution in [3.8, 4) is 11.5 Å². The molecule has 3 rings (SSSR count). The lowest BCUT2D eigenvalue weighted by atomic mass is 10.2. The number of guanidine groups is 1. The van der Waals surface area contributed by atoms with Gasteiger partial charge in [0.15, 0.2) is 23.6 Å². The SMILES string of the molecule is CCNC(=NCC1COc2ccccc2O1)NCCCCn1c(C)cccc1=O.I. The minimum atomic E-state index is -0.103. The maximum absolute atomic E-state index is 11.9. The Labute approximate surface area is 194 Å². The molecule has 0 spiro atoms. The van der Waals surface area contributed by atoms with E-state index in [0.717, 1.165) is 55.6 Å². The van der Waals surface area contributed by atoms with Crippen LogP contribution >= 0.6 is 24.0 Å². The highest BCUT2D eigenvalue weighted by atomic mass is 127. The largest absolute Gasteiger partial charge is 0.486 e. The molecule has 0 saturated carbocycles. The van der Waals surface area contributed by atoms with Crippen molar-refractivity contribution in [3.05, 3.63) is 58.5 Å². The van der Waals surface area contributed by atoms with Crippen LogP contribution in [0, 0.1) is 6.92 Å². The zero-order chi connectivity index (χ0) is 20.5. The van der Waals surface area contributed by atoms with Gasteiger partial charge in [0.1, 0.15) is 6.61 Å². The van der Waals surface area contributed by atoms with Crippen LogP contribution in [0.2, 0.25) is 0 Å². The Bertz CT molecular complexity index is 885. The summed E-state index contributed by atoms with van der Waals surface area (Å²) in [7, 11) is 0. The van der Waals surface area contributed by atoms with Crippen molar-refractivity contribution in [3.63, 3.8) is 0 Å². The highest BCUT2D eigenvalue weighted by molar-refractivity contribution is 14.0. The molecule has 2 aromatic rings. The summed E-state index contributed by atoms with van der Waals surface area (Å²) in [5.74, 6) is 2.32. The van der Waals surface area contributed by atoms with E-state index < -0.39 is 0 Å². The van der Waals surface area contributed by atoms with Gasteiger partial charge in [0.2, 0.25) is 0 Å². The minimum Gasteiger partial charge on any atom is -0.486 e. The van der Waals surface area contributed by atoms with Gasteiger partial charge in [0, 0.05) is 31.4 Å². The number of pyridine rings is 1. The van der Waals surface area contributed by atoms with E-state index in [1.54, 1.807) is 12.1 Å².